The summed E-state index contributed by atoms with van der Waals surface area (Å²) in [6.45, 7) is 10.6. The van der Waals surface area contributed by atoms with Gasteiger partial charge in [-0.3, -0.25) is 14.4 Å². The number of benzene rings is 4. The lowest BCUT2D eigenvalue weighted by Crippen LogP contribution is -2.58. The molecule has 0 aliphatic carbocycles. The number of aliphatic hydroxyl groups excluding tert-OH is 1. The van der Waals surface area contributed by atoms with Crippen molar-refractivity contribution in [3.05, 3.63) is 115 Å². The van der Waals surface area contributed by atoms with Gasteiger partial charge in [-0.1, -0.05) is 75.4 Å². The number of ether oxygens (including phenoxy) is 5. The van der Waals surface area contributed by atoms with Crippen LogP contribution in [0, 0.1) is 12.3 Å². The van der Waals surface area contributed by atoms with Gasteiger partial charge in [-0.05, 0) is 72.9 Å². The molecule has 4 atom stereocenters. The highest BCUT2D eigenvalue weighted by Gasteiger charge is 2.44. The molecule has 1 saturated heterocycles. The van der Waals surface area contributed by atoms with E-state index in [1.54, 1.807) is 23.5 Å². The quantitative estimate of drug-likeness (QED) is 0.0513. The van der Waals surface area contributed by atoms with Crippen LogP contribution >= 0.6 is 11.3 Å². The first kappa shape index (κ1) is 48.6. The zero-order valence-corrected chi connectivity index (χ0v) is 39.2. The standard InChI is InChI=1S/C51H58N4O11S/c1-32(34-11-13-35(14-12-34)45-33(2)52-31-65-45)53-49(59)42-27-38(57)29-55(42)50(60)48(51(3,4)5)54-44(58)30-63-24-23-61-21-22-62-25-26-64-39-16-18-40(19-17-39)66-46-41-20-15-37(56)28-43(41)67-47(46)36-9-7-6-8-10-36/h6-20,28,31-32,38,42,48,56-57H,21-27,29-30H2,1-5H3,(H,53,59)(H,54,58)/t32-,38+,42-,48?/m0/s1. The number of carbonyl (C=O) groups is 3. The van der Waals surface area contributed by atoms with Gasteiger partial charge >= 0.3 is 0 Å². The lowest BCUT2D eigenvalue weighted by atomic mass is 9.85. The zero-order chi connectivity index (χ0) is 47.5. The number of rotatable bonds is 21. The molecule has 4 aromatic carbocycles. The van der Waals surface area contributed by atoms with Gasteiger partial charge in [-0.15, -0.1) is 11.3 Å². The van der Waals surface area contributed by atoms with Crippen molar-refractivity contribution in [3.8, 4) is 44.8 Å². The van der Waals surface area contributed by atoms with Crippen LogP contribution in [0.15, 0.2) is 108 Å². The van der Waals surface area contributed by atoms with Crippen LogP contribution in [0.4, 0.5) is 0 Å². The number of aromatic hydroxyl groups is 1. The van der Waals surface area contributed by atoms with E-state index in [1.807, 2.05) is 120 Å². The molecule has 1 fully saturated rings. The molecule has 3 amide bonds. The molecule has 6 aromatic rings. The van der Waals surface area contributed by atoms with Crippen molar-refractivity contribution in [2.45, 2.75) is 65.3 Å². The highest BCUT2D eigenvalue weighted by atomic mass is 32.1. The first-order valence-corrected chi connectivity index (χ1v) is 23.1. The van der Waals surface area contributed by atoms with Crippen molar-refractivity contribution in [1.29, 1.82) is 0 Å². The van der Waals surface area contributed by atoms with Crippen LogP contribution in [0.2, 0.25) is 0 Å². The zero-order valence-electron chi connectivity index (χ0n) is 38.4. The minimum Gasteiger partial charge on any atom is -0.508 e. The summed E-state index contributed by atoms with van der Waals surface area (Å²) >= 11 is 1.57. The molecule has 1 aliphatic rings. The van der Waals surface area contributed by atoms with Gasteiger partial charge in [0.2, 0.25) is 17.7 Å². The fraction of sp³-hybridized carbons (Fsp3) is 0.373. The minimum atomic E-state index is -0.983. The molecule has 354 valence electrons. The van der Waals surface area contributed by atoms with Gasteiger partial charge in [0.1, 0.15) is 42.5 Å². The second-order valence-corrected chi connectivity index (χ2v) is 18.4. The van der Waals surface area contributed by atoms with Gasteiger partial charge in [-0.25, -0.2) is 4.98 Å². The van der Waals surface area contributed by atoms with Crippen LogP contribution in [0.5, 0.6) is 23.0 Å². The summed E-state index contributed by atoms with van der Waals surface area (Å²) in [7, 11) is 0. The number of carbonyl (C=O) groups excluding carboxylic acids is 3. The van der Waals surface area contributed by atoms with Crippen LogP contribution in [0.25, 0.3) is 31.9 Å². The van der Waals surface area contributed by atoms with E-state index in [0.717, 1.165) is 43.1 Å². The second-order valence-electron chi connectivity index (χ2n) is 17.4. The third kappa shape index (κ3) is 12.8. The van der Waals surface area contributed by atoms with Crippen molar-refractivity contribution in [2.75, 3.05) is 52.8 Å². The summed E-state index contributed by atoms with van der Waals surface area (Å²) in [5.74, 6) is 1.58. The van der Waals surface area contributed by atoms with Crippen LogP contribution in [0.3, 0.4) is 0 Å². The summed E-state index contributed by atoms with van der Waals surface area (Å²) < 4.78 is 35.4. The summed E-state index contributed by atoms with van der Waals surface area (Å²) in [5, 5.41) is 27.4. The first-order valence-electron chi connectivity index (χ1n) is 22.3. The lowest BCUT2D eigenvalue weighted by Gasteiger charge is -2.35. The number of phenols is 1. The largest absolute Gasteiger partial charge is 0.508 e. The second kappa shape index (κ2) is 22.5. The molecular formula is C51H58N4O11S. The van der Waals surface area contributed by atoms with Crippen molar-refractivity contribution in [2.24, 2.45) is 5.41 Å². The molecule has 7 rings (SSSR count). The van der Waals surface area contributed by atoms with Gasteiger partial charge in [0.15, 0.2) is 17.9 Å². The maximum Gasteiger partial charge on any atom is 0.246 e. The molecule has 0 saturated carbocycles. The Balaban J connectivity index is 0.777. The maximum absolute atomic E-state index is 14.0. The van der Waals surface area contributed by atoms with E-state index < -0.39 is 41.3 Å². The van der Waals surface area contributed by atoms with Gasteiger partial charge < -0.3 is 53.8 Å². The number of thiophene rings is 1. The van der Waals surface area contributed by atoms with Gasteiger partial charge in [-0.2, -0.15) is 0 Å². The Labute approximate surface area is 394 Å². The molecule has 1 aliphatic heterocycles. The number of phenolic OH excluding ortho intramolecular Hbond substituents is 1. The number of likely N-dealkylation sites (tertiary alicyclic amines) is 1. The monoisotopic (exact) mass is 934 g/mol. The Kier molecular flexibility index (Phi) is 16.3. The molecule has 4 N–H and O–H groups in total. The molecule has 0 radical (unpaired) electrons. The van der Waals surface area contributed by atoms with E-state index in [9.17, 15) is 24.6 Å². The van der Waals surface area contributed by atoms with Crippen LogP contribution in [-0.2, 0) is 28.6 Å². The number of aliphatic hydroxyl groups is 1. The number of aromatic nitrogens is 1. The number of hydrogen-bond donors (Lipinski definition) is 4. The van der Waals surface area contributed by atoms with Gasteiger partial charge in [0.25, 0.3) is 0 Å². The molecule has 3 heterocycles. The van der Waals surface area contributed by atoms with E-state index in [1.165, 1.54) is 11.3 Å². The summed E-state index contributed by atoms with van der Waals surface area (Å²) in [4.78, 5) is 47.1. The molecular weight excluding hydrogens is 877 g/mol. The number of amides is 3. The number of hydrogen-bond acceptors (Lipinski definition) is 13. The lowest BCUT2D eigenvalue weighted by molar-refractivity contribution is -0.144. The number of fused-ring (bicyclic) bond motifs is 1. The van der Waals surface area contributed by atoms with E-state index in [2.05, 4.69) is 15.6 Å². The van der Waals surface area contributed by atoms with Gasteiger partial charge in [0, 0.05) is 28.6 Å². The van der Waals surface area contributed by atoms with Crippen molar-refractivity contribution < 1.29 is 52.7 Å². The fourth-order valence-electron chi connectivity index (χ4n) is 7.71. The molecule has 0 spiro atoms. The first-order chi connectivity index (χ1) is 32.2. The van der Waals surface area contributed by atoms with Crippen LogP contribution in [-0.4, -0.2) is 109 Å². The highest BCUT2D eigenvalue weighted by Crippen LogP contribution is 2.47. The Morgan fingerprint density at radius 3 is 2.19 bits per heavy atom. The molecule has 0 bridgehead atoms. The van der Waals surface area contributed by atoms with Crippen LogP contribution in [0.1, 0.15) is 51.4 Å². The molecule has 67 heavy (non-hydrogen) atoms. The third-order valence-corrected chi connectivity index (χ3v) is 12.4. The average molecular weight is 935 g/mol. The molecule has 1 unspecified atom stereocenters. The minimum absolute atomic E-state index is 0.0343. The number of nitrogens with one attached hydrogen (secondary N) is 2. The van der Waals surface area contributed by atoms with E-state index in [0.29, 0.717) is 43.7 Å². The van der Waals surface area contributed by atoms with E-state index in [-0.39, 0.29) is 44.6 Å². The smallest absolute Gasteiger partial charge is 0.246 e. The Bertz CT molecular complexity index is 2570. The topological polar surface area (TPSA) is 191 Å². The maximum atomic E-state index is 14.0. The van der Waals surface area contributed by atoms with E-state index in [4.69, 9.17) is 28.1 Å². The average Bonchev–Trinajstić information content (AvgIpc) is 4.03. The number of oxazole rings is 1. The van der Waals surface area contributed by atoms with E-state index >= 15 is 0 Å². The Morgan fingerprint density at radius 2 is 1.52 bits per heavy atom. The Hall–Kier alpha value is -6.30. The SMILES string of the molecule is Cc1ncoc1-c1ccc([C@H](C)NC(=O)[C@@H]2C[C@@H](O)CN2C(=O)C(NC(=O)COCCOCCOCCOc2ccc(Oc3c(-c4ccccc4)sc4cc(O)ccc34)cc2)C(C)(C)C)cc1. The fourth-order valence-corrected chi connectivity index (χ4v) is 8.87. The number of aryl methyl sites for hydroxylation is 1. The molecule has 2 aromatic heterocycles. The number of nitrogens with zero attached hydrogens (tertiary/aromatic N) is 2. The van der Waals surface area contributed by atoms with Crippen molar-refractivity contribution in [1.82, 2.24) is 20.5 Å². The normalized spacial score (nSPS) is 15.9. The molecule has 16 heteroatoms. The summed E-state index contributed by atoms with van der Waals surface area (Å²) in [6, 6.07) is 27.9. The summed E-state index contributed by atoms with van der Waals surface area (Å²) in [6.07, 6.45) is 0.580. The Morgan fingerprint density at radius 1 is 0.851 bits per heavy atom. The third-order valence-electron chi connectivity index (χ3n) is 11.2. The van der Waals surface area contributed by atoms with Gasteiger partial charge in [0.05, 0.1) is 55.8 Å². The predicted octanol–water partition coefficient (Wildman–Crippen LogP) is 7.83. The number of β-amino-alcohol motifs (C(OH)–C–C–N with tert-alkyl or cyclic N) is 1. The highest BCUT2D eigenvalue weighted by molar-refractivity contribution is 7.22. The van der Waals surface area contributed by atoms with Crippen LogP contribution < -0.4 is 20.1 Å². The molecule has 15 nitrogen and oxygen atoms in total. The van der Waals surface area contributed by atoms with Crippen molar-refractivity contribution in [3.63, 3.8) is 0 Å². The van der Waals surface area contributed by atoms with Crippen molar-refractivity contribution >= 4 is 39.1 Å². The summed E-state index contributed by atoms with van der Waals surface area (Å²) in [5.41, 5.74) is 2.80. The predicted molar refractivity (Wildman–Crippen MR) is 254 cm³/mol.